The molecular weight excluding hydrogens is 228 g/mol. The fraction of sp³-hybridized carbons (Fsp3) is 0.500. The molecule has 1 aromatic carbocycles. The molecule has 18 heavy (non-hydrogen) atoms. The number of nitrogens with one attached hydrogen (secondary N) is 1. The molecule has 3 N–H and O–H groups in total. The molecular formula is C14H20N2O2. The molecule has 0 aliphatic carbocycles. The summed E-state index contributed by atoms with van der Waals surface area (Å²) in [6.45, 7) is 4.49. The van der Waals surface area contributed by atoms with Crippen LogP contribution in [0.1, 0.15) is 37.5 Å². The molecule has 0 saturated heterocycles. The number of aliphatic hydroxyl groups is 2. The first-order chi connectivity index (χ1) is 8.48. The van der Waals surface area contributed by atoms with Crippen molar-refractivity contribution in [2.24, 2.45) is 0 Å². The Labute approximate surface area is 108 Å². The minimum atomic E-state index is -0.746. The van der Waals surface area contributed by atoms with E-state index in [0.717, 1.165) is 5.56 Å². The molecule has 0 aromatic heterocycles. The highest BCUT2D eigenvalue weighted by atomic mass is 16.3. The fourth-order valence-corrected chi connectivity index (χ4v) is 1.50. The summed E-state index contributed by atoms with van der Waals surface area (Å²) in [5, 5.41) is 31.4. The molecule has 0 heterocycles. The van der Waals surface area contributed by atoms with Crippen LogP contribution in [0.2, 0.25) is 0 Å². The molecule has 1 rings (SSSR count). The van der Waals surface area contributed by atoms with Gasteiger partial charge in [0.15, 0.2) is 0 Å². The van der Waals surface area contributed by atoms with Crippen molar-refractivity contribution in [3.63, 3.8) is 0 Å². The van der Waals surface area contributed by atoms with Gasteiger partial charge in [-0.25, -0.2) is 0 Å². The zero-order valence-electron chi connectivity index (χ0n) is 10.8. The van der Waals surface area contributed by atoms with E-state index in [2.05, 4.69) is 5.32 Å². The highest BCUT2D eigenvalue weighted by Gasteiger charge is 2.17. The van der Waals surface area contributed by atoms with Crippen molar-refractivity contribution >= 4 is 0 Å². The van der Waals surface area contributed by atoms with Crippen LogP contribution in [0.3, 0.4) is 0 Å². The Morgan fingerprint density at radius 1 is 1.39 bits per heavy atom. The van der Waals surface area contributed by atoms with E-state index in [0.29, 0.717) is 25.1 Å². The van der Waals surface area contributed by atoms with Crippen molar-refractivity contribution < 1.29 is 10.2 Å². The second-order valence-corrected chi connectivity index (χ2v) is 4.73. The van der Waals surface area contributed by atoms with E-state index in [-0.39, 0.29) is 0 Å². The maximum Gasteiger partial charge on any atom is 0.0991 e. The smallest absolute Gasteiger partial charge is 0.0991 e. The van der Waals surface area contributed by atoms with Gasteiger partial charge in [0.1, 0.15) is 0 Å². The third-order valence-corrected chi connectivity index (χ3v) is 3.03. The second-order valence-electron chi connectivity index (χ2n) is 4.73. The summed E-state index contributed by atoms with van der Waals surface area (Å²) in [5.41, 5.74) is 0.593. The lowest BCUT2D eigenvalue weighted by molar-refractivity contribution is 0.0516. The lowest BCUT2D eigenvalue weighted by Gasteiger charge is -2.22. The van der Waals surface area contributed by atoms with Crippen molar-refractivity contribution in [3.05, 3.63) is 35.4 Å². The van der Waals surface area contributed by atoms with Gasteiger partial charge in [0.05, 0.1) is 23.3 Å². The van der Waals surface area contributed by atoms with E-state index in [1.807, 2.05) is 13.0 Å². The predicted molar refractivity (Wildman–Crippen MR) is 69.9 cm³/mol. The third-order valence-electron chi connectivity index (χ3n) is 3.03. The van der Waals surface area contributed by atoms with Crippen LogP contribution in [0.4, 0.5) is 0 Å². The van der Waals surface area contributed by atoms with Gasteiger partial charge in [-0.3, -0.25) is 0 Å². The van der Waals surface area contributed by atoms with Crippen LogP contribution in [-0.4, -0.2) is 28.9 Å². The molecule has 0 fully saturated rings. The predicted octanol–water partition coefficient (Wildman–Crippen LogP) is 1.34. The van der Waals surface area contributed by atoms with Crippen LogP contribution in [-0.2, 0) is 0 Å². The number of rotatable bonds is 6. The molecule has 2 unspecified atom stereocenters. The Hall–Kier alpha value is -1.41. The number of benzene rings is 1. The van der Waals surface area contributed by atoms with Crippen LogP contribution in [0, 0.1) is 11.3 Å². The molecule has 0 spiro atoms. The third kappa shape index (κ3) is 4.46. The lowest BCUT2D eigenvalue weighted by atomic mass is 10.0. The van der Waals surface area contributed by atoms with Crippen LogP contribution < -0.4 is 5.32 Å². The summed E-state index contributed by atoms with van der Waals surface area (Å²) in [4.78, 5) is 0. The summed E-state index contributed by atoms with van der Waals surface area (Å²) in [6.07, 6.45) is 0.0258. The summed E-state index contributed by atoms with van der Waals surface area (Å²) in [6, 6.07) is 8.87. The van der Waals surface area contributed by atoms with E-state index in [4.69, 9.17) is 5.26 Å². The average molecular weight is 248 g/mol. The van der Waals surface area contributed by atoms with Crippen LogP contribution in [0.5, 0.6) is 0 Å². The highest BCUT2D eigenvalue weighted by molar-refractivity contribution is 5.32. The molecule has 0 saturated carbocycles. The largest absolute Gasteiger partial charge is 0.389 e. The maximum absolute atomic E-state index is 9.93. The van der Waals surface area contributed by atoms with Crippen molar-refractivity contribution in [2.75, 3.05) is 13.1 Å². The second kappa shape index (κ2) is 6.50. The molecule has 0 bridgehead atoms. The van der Waals surface area contributed by atoms with Gasteiger partial charge in [-0.15, -0.1) is 0 Å². The van der Waals surface area contributed by atoms with Gasteiger partial charge in [-0.2, -0.15) is 5.26 Å². The summed E-state index contributed by atoms with van der Waals surface area (Å²) in [5.74, 6) is 0. The lowest BCUT2D eigenvalue weighted by Crippen LogP contribution is -2.38. The number of nitriles is 1. The van der Waals surface area contributed by atoms with E-state index >= 15 is 0 Å². The molecule has 2 atom stereocenters. The molecule has 0 aliphatic rings. The molecule has 0 aliphatic heterocycles. The first-order valence-corrected chi connectivity index (χ1v) is 6.10. The first-order valence-electron chi connectivity index (χ1n) is 6.10. The van der Waals surface area contributed by atoms with Crippen LogP contribution in [0.25, 0.3) is 0 Å². The van der Waals surface area contributed by atoms with Crippen LogP contribution >= 0.6 is 0 Å². The zero-order chi connectivity index (χ0) is 13.6. The average Bonchev–Trinajstić information content (AvgIpc) is 2.38. The molecule has 1 aromatic rings. The normalized spacial score (nSPS) is 15.7. The summed E-state index contributed by atoms with van der Waals surface area (Å²) in [7, 11) is 0. The van der Waals surface area contributed by atoms with Crippen molar-refractivity contribution in [1.29, 1.82) is 5.26 Å². The molecule has 0 amide bonds. The molecule has 0 radical (unpaired) electrons. The number of hydrogen-bond acceptors (Lipinski definition) is 4. The van der Waals surface area contributed by atoms with Gasteiger partial charge >= 0.3 is 0 Å². The molecule has 98 valence electrons. The quantitative estimate of drug-likeness (QED) is 0.710. The van der Waals surface area contributed by atoms with Gasteiger partial charge in [-0.1, -0.05) is 19.1 Å². The van der Waals surface area contributed by atoms with Crippen molar-refractivity contribution in [3.8, 4) is 6.07 Å². The van der Waals surface area contributed by atoms with E-state index in [1.54, 1.807) is 31.2 Å². The summed E-state index contributed by atoms with van der Waals surface area (Å²) >= 11 is 0. The van der Waals surface area contributed by atoms with E-state index < -0.39 is 11.7 Å². The molecule has 4 nitrogen and oxygen atoms in total. The Kier molecular flexibility index (Phi) is 5.29. The van der Waals surface area contributed by atoms with Crippen LogP contribution in [0.15, 0.2) is 24.3 Å². The maximum atomic E-state index is 9.93. The van der Waals surface area contributed by atoms with Crippen molar-refractivity contribution in [1.82, 2.24) is 5.32 Å². The van der Waals surface area contributed by atoms with E-state index in [9.17, 15) is 10.2 Å². The minimum absolute atomic E-state index is 0.377. The van der Waals surface area contributed by atoms with Gasteiger partial charge in [0.2, 0.25) is 0 Å². The van der Waals surface area contributed by atoms with Gasteiger partial charge < -0.3 is 15.5 Å². The summed E-state index contributed by atoms with van der Waals surface area (Å²) < 4.78 is 0. The zero-order valence-corrected chi connectivity index (χ0v) is 10.8. The fourth-order valence-electron chi connectivity index (χ4n) is 1.50. The minimum Gasteiger partial charge on any atom is -0.389 e. The highest BCUT2D eigenvalue weighted by Crippen LogP contribution is 2.13. The SMILES string of the molecule is CCC(C)(O)CNCC(O)c1ccc(C#N)cc1. The monoisotopic (exact) mass is 248 g/mol. The standard InChI is InChI=1S/C14H20N2O2/c1-3-14(2,18)10-16-9-13(17)12-6-4-11(8-15)5-7-12/h4-7,13,16-18H,3,9-10H2,1-2H3. The van der Waals surface area contributed by atoms with Crippen molar-refractivity contribution in [2.45, 2.75) is 32.0 Å². The molecule has 4 heteroatoms. The topological polar surface area (TPSA) is 76.3 Å². The van der Waals surface area contributed by atoms with E-state index in [1.165, 1.54) is 0 Å². The number of aliphatic hydroxyl groups excluding tert-OH is 1. The Bertz CT molecular complexity index is 407. The van der Waals surface area contributed by atoms with Gasteiger partial charge in [0, 0.05) is 13.1 Å². The Balaban J connectivity index is 2.45. The van der Waals surface area contributed by atoms with Gasteiger partial charge in [-0.05, 0) is 31.0 Å². The van der Waals surface area contributed by atoms with Gasteiger partial charge in [0.25, 0.3) is 0 Å². The Morgan fingerprint density at radius 3 is 2.50 bits per heavy atom. The number of hydrogen-bond donors (Lipinski definition) is 3. The Morgan fingerprint density at radius 2 is 2.00 bits per heavy atom. The first kappa shape index (κ1) is 14.7. The number of nitrogens with zero attached hydrogens (tertiary/aromatic N) is 1.